The predicted octanol–water partition coefficient (Wildman–Crippen LogP) is 3.15. The number of H-pyrrole nitrogens is 2. The first-order valence-corrected chi connectivity index (χ1v) is 6.85. The molecule has 3 aromatic rings. The molecular formula is C16H20N4. The third-order valence-electron chi connectivity index (χ3n) is 3.40. The molecule has 0 aliphatic rings. The van der Waals surface area contributed by atoms with Crippen molar-refractivity contribution in [2.45, 2.75) is 32.7 Å². The van der Waals surface area contributed by atoms with Crippen LogP contribution in [0.5, 0.6) is 0 Å². The topological polar surface area (TPSA) is 70.5 Å². The summed E-state index contributed by atoms with van der Waals surface area (Å²) in [6.45, 7) is 6.07. The van der Waals surface area contributed by atoms with Crippen molar-refractivity contribution < 1.29 is 0 Å². The van der Waals surface area contributed by atoms with Gasteiger partial charge in [-0.25, -0.2) is 4.98 Å². The first-order chi connectivity index (χ1) is 9.44. The van der Waals surface area contributed by atoms with E-state index in [1.165, 1.54) is 5.39 Å². The summed E-state index contributed by atoms with van der Waals surface area (Å²) in [4.78, 5) is 11.4. The summed E-state index contributed by atoms with van der Waals surface area (Å²) in [7, 11) is 0. The Balaban J connectivity index is 2.06. The molecule has 0 aliphatic carbocycles. The number of nitrogens with zero attached hydrogens (tertiary/aromatic N) is 1. The lowest BCUT2D eigenvalue weighted by molar-refractivity contribution is 0.504. The summed E-state index contributed by atoms with van der Waals surface area (Å²) < 4.78 is 0. The van der Waals surface area contributed by atoms with Gasteiger partial charge in [-0.3, -0.25) is 0 Å². The standard InChI is InChI=1S/C16H20N4/c1-10-15(20-14(19-10)8-16(2,3)17)12-9-18-13-7-5-4-6-11(12)13/h4-7,9,18H,8,17H2,1-3H3,(H,19,20). The van der Waals surface area contributed by atoms with Gasteiger partial charge in [0.2, 0.25) is 0 Å². The van der Waals surface area contributed by atoms with Crippen molar-refractivity contribution in [3.63, 3.8) is 0 Å². The molecule has 4 heteroatoms. The third-order valence-corrected chi connectivity index (χ3v) is 3.40. The minimum atomic E-state index is -0.262. The van der Waals surface area contributed by atoms with Crippen LogP contribution in [0.1, 0.15) is 25.4 Å². The van der Waals surface area contributed by atoms with Gasteiger partial charge < -0.3 is 15.7 Å². The highest BCUT2D eigenvalue weighted by Crippen LogP contribution is 2.29. The first kappa shape index (κ1) is 12.9. The molecule has 0 atom stereocenters. The monoisotopic (exact) mass is 268 g/mol. The lowest BCUT2D eigenvalue weighted by Gasteiger charge is -2.15. The largest absolute Gasteiger partial charge is 0.360 e. The third kappa shape index (κ3) is 2.34. The molecule has 0 amide bonds. The Kier molecular flexibility index (Phi) is 2.91. The molecule has 0 unspecified atom stereocenters. The number of aromatic amines is 2. The van der Waals surface area contributed by atoms with Crippen LogP contribution in [-0.4, -0.2) is 20.5 Å². The summed E-state index contributed by atoms with van der Waals surface area (Å²) in [6.07, 6.45) is 2.75. The van der Waals surface area contributed by atoms with E-state index in [9.17, 15) is 0 Å². The van der Waals surface area contributed by atoms with Crippen LogP contribution in [0.4, 0.5) is 0 Å². The normalized spacial score (nSPS) is 12.2. The zero-order chi connectivity index (χ0) is 14.3. The fraction of sp³-hybridized carbons (Fsp3) is 0.312. The molecule has 3 rings (SSSR count). The van der Waals surface area contributed by atoms with E-state index < -0.39 is 0 Å². The van der Waals surface area contributed by atoms with Crippen molar-refractivity contribution in [3.8, 4) is 11.3 Å². The maximum Gasteiger partial charge on any atom is 0.108 e. The highest BCUT2D eigenvalue weighted by Gasteiger charge is 2.17. The molecule has 2 heterocycles. The molecule has 4 nitrogen and oxygen atoms in total. The molecule has 1 aromatic carbocycles. The molecule has 20 heavy (non-hydrogen) atoms. The Morgan fingerprint density at radius 3 is 2.75 bits per heavy atom. The summed E-state index contributed by atoms with van der Waals surface area (Å²) in [6, 6.07) is 8.26. The van der Waals surface area contributed by atoms with E-state index in [0.717, 1.165) is 34.7 Å². The van der Waals surface area contributed by atoms with Crippen LogP contribution in [0.2, 0.25) is 0 Å². The average molecular weight is 268 g/mol. The Labute approximate surface area is 118 Å². The molecule has 0 saturated heterocycles. The van der Waals surface area contributed by atoms with Crippen molar-refractivity contribution in [2.75, 3.05) is 0 Å². The Morgan fingerprint density at radius 1 is 1.25 bits per heavy atom. The minimum Gasteiger partial charge on any atom is -0.360 e. The first-order valence-electron chi connectivity index (χ1n) is 6.85. The van der Waals surface area contributed by atoms with E-state index >= 15 is 0 Å². The number of para-hydroxylation sites is 1. The van der Waals surface area contributed by atoms with Crippen molar-refractivity contribution in [3.05, 3.63) is 42.0 Å². The van der Waals surface area contributed by atoms with Crippen LogP contribution in [0.25, 0.3) is 22.2 Å². The number of aryl methyl sites for hydroxylation is 1. The van der Waals surface area contributed by atoms with Crippen molar-refractivity contribution in [1.82, 2.24) is 15.0 Å². The quantitative estimate of drug-likeness (QED) is 0.683. The van der Waals surface area contributed by atoms with Crippen LogP contribution in [0, 0.1) is 6.92 Å². The zero-order valence-electron chi connectivity index (χ0n) is 12.1. The maximum absolute atomic E-state index is 6.07. The Morgan fingerprint density at radius 2 is 2.00 bits per heavy atom. The van der Waals surface area contributed by atoms with Gasteiger partial charge in [0.25, 0.3) is 0 Å². The van der Waals surface area contributed by atoms with E-state index in [1.54, 1.807) is 0 Å². The van der Waals surface area contributed by atoms with Gasteiger partial charge in [-0.05, 0) is 26.8 Å². The van der Waals surface area contributed by atoms with Crippen molar-refractivity contribution in [1.29, 1.82) is 0 Å². The second-order valence-corrected chi connectivity index (χ2v) is 6.07. The van der Waals surface area contributed by atoms with E-state index in [4.69, 9.17) is 10.7 Å². The molecule has 0 spiro atoms. The van der Waals surface area contributed by atoms with Crippen LogP contribution in [-0.2, 0) is 6.42 Å². The van der Waals surface area contributed by atoms with Crippen LogP contribution < -0.4 is 5.73 Å². The lowest BCUT2D eigenvalue weighted by Crippen LogP contribution is -2.34. The maximum atomic E-state index is 6.07. The second-order valence-electron chi connectivity index (χ2n) is 6.07. The number of aromatic nitrogens is 3. The van der Waals surface area contributed by atoms with Gasteiger partial charge in [-0.15, -0.1) is 0 Å². The summed E-state index contributed by atoms with van der Waals surface area (Å²) in [5.41, 5.74) is 10.2. The number of nitrogens with two attached hydrogens (primary N) is 1. The molecule has 104 valence electrons. The van der Waals surface area contributed by atoms with Crippen LogP contribution >= 0.6 is 0 Å². The predicted molar refractivity (Wildman–Crippen MR) is 82.6 cm³/mol. The van der Waals surface area contributed by atoms with Gasteiger partial charge in [-0.1, -0.05) is 18.2 Å². The van der Waals surface area contributed by atoms with Gasteiger partial charge in [0, 0.05) is 40.3 Å². The van der Waals surface area contributed by atoms with Gasteiger partial charge in [0.15, 0.2) is 0 Å². The Bertz CT molecular complexity index is 743. The summed E-state index contributed by atoms with van der Waals surface area (Å²) in [5, 5.41) is 1.20. The van der Waals surface area contributed by atoms with Crippen LogP contribution in [0.15, 0.2) is 30.5 Å². The fourth-order valence-electron chi connectivity index (χ4n) is 2.57. The number of fused-ring (bicyclic) bond motifs is 1. The Hall–Kier alpha value is -2.07. The highest BCUT2D eigenvalue weighted by atomic mass is 14.9. The molecule has 0 aliphatic heterocycles. The van der Waals surface area contributed by atoms with Crippen molar-refractivity contribution >= 4 is 10.9 Å². The number of imidazole rings is 1. The molecular weight excluding hydrogens is 248 g/mol. The number of rotatable bonds is 3. The van der Waals surface area contributed by atoms with Gasteiger partial charge >= 0.3 is 0 Å². The van der Waals surface area contributed by atoms with Crippen molar-refractivity contribution in [2.24, 2.45) is 5.73 Å². The molecule has 0 fully saturated rings. The lowest BCUT2D eigenvalue weighted by atomic mass is 10.0. The zero-order valence-corrected chi connectivity index (χ0v) is 12.1. The molecule has 4 N–H and O–H groups in total. The van der Waals surface area contributed by atoms with Gasteiger partial charge in [0.05, 0.1) is 5.69 Å². The molecule has 0 bridgehead atoms. The van der Waals surface area contributed by atoms with E-state index in [-0.39, 0.29) is 5.54 Å². The van der Waals surface area contributed by atoms with Gasteiger partial charge in [-0.2, -0.15) is 0 Å². The highest BCUT2D eigenvalue weighted by molar-refractivity contribution is 5.95. The number of benzene rings is 1. The SMILES string of the molecule is Cc1[nH]c(CC(C)(C)N)nc1-c1c[nH]c2ccccc12. The second kappa shape index (κ2) is 4.49. The fourth-order valence-corrected chi connectivity index (χ4v) is 2.57. The molecule has 0 saturated carbocycles. The average Bonchev–Trinajstić information content (AvgIpc) is 2.90. The summed E-state index contributed by atoms with van der Waals surface area (Å²) in [5.74, 6) is 0.940. The minimum absolute atomic E-state index is 0.262. The smallest absolute Gasteiger partial charge is 0.108 e. The van der Waals surface area contributed by atoms with E-state index in [2.05, 4.69) is 29.0 Å². The van der Waals surface area contributed by atoms with Gasteiger partial charge in [0.1, 0.15) is 5.82 Å². The molecule has 0 radical (unpaired) electrons. The number of nitrogens with one attached hydrogen (secondary N) is 2. The summed E-state index contributed by atoms with van der Waals surface area (Å²) >= 11 is 0. The van der Waals surface area contributed by atoms with E-state index in [1.807, 2.05) is 32.2 Å². The molecule has 2 aromatic heterocycles. The number of hydrogen-bond donors (Lipinski definition) is 3. The van der Waals surface area contributed by atoms with Crippen LogP contribution in [0.3, 0.4) is 0 Å². The number of hydrogen-bond acceptors (Lipinski definition) is 2. The van der Waals surface area contributed by atoms with E-state index in [0.29, 0.717) is 0 Å².